The van der Waals surface area contributed by atoms with Gasteiger partial charge in [0.25, 0.3) is 0 Å². The van der Waals surface area contributed by atoms with Crippen LogP contribution in [-0.2, 0) is 0 Å². The Morgan fingerprint density at radius 1 is 1.08 bits per heavy atom. The van der Waals surface area contributed by atoms with Crippen LogP contribution >= 0.6 is 0 Å². The molecule has 132 valence electrons. The number of nitrogens with zero attached hydrogens (tertiary/aromatic N) is 6. The van der Waals surface area contributed by atoms with E-state index in [1.807, 2.05) is 0 Å². The molecule has 4 aliphatic rings. The molecular weight excluding hydrogens is 307 g/mol. The van der Waals surface area contributed by atoms with E-state index in [0.29, 0.717) is 11.8 Å². The zero-order chi connectivity index (χ0) is 16.7. The Morgan fingerprint density at radius 2 is 1.79 bits per heavy atom. The molecule has 0 aromatic carbocycles. The molecule has 0 radical (unpaired) electrons. The third kappa shape index (κ3) is 2.95. The van der Waals surface area contributed by atoms with Crippen molar-refractivity contribution >= 4 is 11.8 Å². The molecule has 5 rings (SSSR count). The normalized spacial score (nSPS) is 30.6. The number of aromatic nitrogens is 2. The van der Waals surface area contributed by atoms with E-state index in [9.17, 15) is 4.39 Å². The molecule has 0 saturated carbocycles. The van der Waals surface area contributed by atoms with Gasteiger partial charge in [0.15, 0.2) is 11.6 Å². The first-order valence-electron chi connectivity index (χ1n) is 9.03. The predicted octanol–water partition coefficient (Wildman–Crippen LogP) is 0.898. The van der Waals surface area contributed by atoms with Crippen molar-refractivity contribution < 1.29 is 4.39 Å². The minimum absolute atomic E-state index is 0.361. The van der Waals surface area contributed by atoms with E-state index in [-0.39, 0.29) is 5.82 Å². The topological polar surface area (TPSA) is 38.7 Å². The van der Waals surface area contributed by atoms with E-state index in [4.69, 9.17) is 0 Å². The van der Waals surface area contributed by atoms with Crippen LogP contribution in [0.4, 0.5) is 16.2 Å². The minimum Gasteiger partial charge on any atom is -0.360 e. The van der Waals surface area contributed by atoms with Gasteiger partial charge in [-0.3, -0.25) is 4.90 Å². The van der Waals surface area contributed by atoms with Gasteiger partial charge in [0, 0.05) is 52.9 Å². The molecule has 6 nitrogen and oxygen atoms in total. The van der Waals surface area contributed by atoms with Crippen molar-refractivity contribution in [1.82, 2.24) is 19.8 Å². The molecule has 0 amide bonds. The Labute approximate surface area is 143 Å². The lowest BCUT2D eigenvalue weighted by Crippen LogP contribution is -2.61. The van der Waals surface area contributed by atoms with Crippen LogP contribution in [0.15, 0.2) is 6.20 Å². The van der Waals surface area contributed by atoms with Gasteiger partial charge in [0.1, 0.15) is 0 Å². The van der Waals surface area contributed by atoms with Crippen LogP contribution in [0.3, 0.4) is 0 Å². The van der Waals surface area contributed by atoms with Crippen molar-refractivity contribution in [3.63, 3.8) is 0 Å². The van der Waals surface area contributed by atoms with Crippen molar-refractivity contribution in [2.75, 3.05) is 69.7 Å². The minimum atomic E-state index is -0.366. The van der Waals surface area contributed by atoms with Crippen LogP contribution < -0.4 is 9.80 Å². The molecule has 0 unspecified atom stereocenters. The van der Waals surface area contributed by atoms with Crippen LogP contribution in [0.5, 0.6) is 0 Å². The van der Waals surface area contributed by atoms with E-state index in [2.05, 4.69) is 24.7 Å². The SMILES string of the molecule is CN(C)c1nc(N2CCN([C@@H]3CN4CCC3CC4)CC2)ncc1F. The maximum Gasteiger partial charge on any atom is 0.227 e. The highest BCUT2D eigenvalue weighted by molar-refractivity contribution is 5.44. The van der Waals surface area contributed by atoms with E-state index >= 15 is 0 Å². The van der Waals surface area contributed by atoms with E-state index in [1.165, 1.54) is 38.7 Å². The average molecular weight is 334 g/mol. The number of rotatable bonds is 3. The third-order valence-corrected chi connectivity index (χ3v) is 5.82. The highest BCUT2D eigenvalue weighted by Crippen LogP contribution is 2.31. The van der Waals surface area contributed by atoms with Crippen molar-refractivity contribution in [2.45, 2.75) is 18.9 Å². The molecule has 2 bridgehead atoms. The summed E-state index contributed by atoms with van der Waals surface area (Å²) in [5, 5.41) is 0. The van der Waals surface area contributed by atoms with Gasteiger partial charge in [0.05, 0.1) is 6.20 Å². The molecule has 24 heavy (non-hydrogen) atoms. The Morgan fingerprint density at radius 3 is 2.38 bits per heavy atom. The van der Waals surface area contributed by atoms with Gasteiger partial charge in [0.2, 0.25) is 5.95 Å². The number of hydrogen-bond acceptors (Lipinski definition) is 6. The molecular formula is C17H27FN6. The summed E-state index contributed by atoms with van der Waals surface area (Å²) in [4.78, 5) is 17.8. The van der Waals surface area contributed by atoms with E-state index in [1.54, 1.807) is 19.0 Å². The van der Waals surface area contributed by atoms with Gasteiger partial charge in [-0.05, 0) is 31.8 Å². The summed E-state index contributed by atoms with van der Waals surface area (Å²) in [5.74, 6) is 1.52. The Balaban J connectivity index is 1.40. The molecule has 1 aromatic rings. The van der Waals surface area contributed by atoms with Gasteiger partial charge in [-0.15, -0.1) is 0 Å². The Kier molecular flexibility index (Phi) is 4.30. The van der Waals surface area contributed by atoms with Crippen molar-refractivity contribution in [3.8, 4) is 0 Å². The van der Waals surface area contributed by atoms with Crippen LogP contribution in [0.1, 0.15) is 12.8 Å². The fourth-order valence-electron chi connectivity index (χ4n) is 4.42. The van der Waals surface area contributed by atoms with Crippen LogP contribution in [0, 0.1) is 11.7 Å². The quantitative estimate of drug-likeness (QED) is 0.818. The number of halogens is 1. The number of hydrogen-bond donors (Lipinski definition) is 0. The molecule has 0 N–H and O–H groups in total. The lowest BCUT2D eigenvalue weighted by molar-refractivity contribution is 0.00300. The number of fused-ring (bicyclic) bond motifs is 3. The van der Waals surface area contributed by atoms with Gasteiger partial charge >= 0.3 is 0 Å². The maximum atomic E-state index is 13.8. The smallest absolute Gasteiger partial charge is 0.227 e. The van der Waals surface area contributed by atoms with Crippen LogP contribution in [-0.4, -0.2) is 85.7 Å². The molecule has 4 fully saturated rings. The summed E-state index contributed by atoms with van der Waals surface area (Å²) >= 11 is 0. The highest BCUT2D eigenvalue weighted by atomic mass is 19.1. The first-order valence-corrected chi connectivity index (χ1v) is 9.03. The van der Waals surface area contributed by atoms with Gasteiger partial charge in [-0.25, -0.2) is 9.37 Å². The first kappa shape index (κ1) is 16.0. The Bertz CT molecular complexity index is 578. The van der Waals surface area contributed by atoms with Crippen LogP contribution in [0.25, 0.3) is 0 Å². The molecule has 0 spiro atoms. The molecule has 0 aliphatic carbocycles. The van der Waals surface area contributed by atoms with Gasteiger partial charge in [-0.1, -0.05) is 0 Å². The van der Waals surface area contributed by atoms with E-state index in [0.717, 1.165) is 38.1 Å². The van der Waals surface area contributed by atoms with Crippen molar-refractivity contribution in [1.29, 1.82) is 0 Å². The maximum absolute atomic E-state index is 13.8. The second-order valence-corrected chi connectivity index (χ2v) is 7.46. The fraction of sp³-hybridized carbons (Fsp3) is 0.765. The molecule has 4 saturated heterocycles. The largest absolute Gasteiger partial charge is 0.360 e. The van der Waals surface area contributed by atoms with Gasteiger partial charge < -0.3 is 14.7 Å². The van der Waals surface area contributed by atoms with E-state index < -0.39 is 0 Å². The number of piperazine rings is 1. The first-order chi connectivity index (χ1) is 11.6. The lowest BCUT2D eigenvalue weighted by atomic mass is 9.83. The second kappa shape index (κ2) is 6.44. The summed E-state index contributed by atoms with van der Waals surface area (Å²) in [7, 11) is 3.61. The lowest BCUT2D eigenvalue weighted by Gasteiger charge is -2.51. The monoisotopic (exact) mass is 334 g/mol. The zero-order valence-corrected chi connectivity index (χ0v) is 14.7. The molecule has 1 atom stereocenters. The molecule has 5 heterocycles. The summed E-state index contributed by atoms with van der Waals surface area (Å²) in [6, 6.07) is 0.723. The summed E-state index contributed by atoms with van der Waals surface area (Å²) < 4.78 is 13.8. The fourth-order valence-corrected chi connectivity index (χ4v) is 4.42. The summed E-state index contributed by atoms with van der Waals surface area (Å²) in [6.07, 6.45) is 4.01. The van der Waals surface area contributed by atoms with Gasteiger partial charge in [-0.2, -0.15) is 4.98 Å². The second-order valence-electron chi connectivity index (χ2n) is 7.46. The number of anilines is 2. The predicted molar refractivity (Wildman–Crippen MR) is 93.1 cm³/mol. The molecule has 4 aliphatic heterocycles. The van der Waals surface area contributed by atoms with Crippen molar-refractivity contribution in [2.24, 2.45) is 5.92 Å². The summed E-state index contributed by atoms with van der Waals surface area (Å²) in [5.41, 5.74) is 0. The summed E-state index contributed by atoms with van der Waals surface area (Å²) in [6.45, 7) is 7.75. The van der Waals surface area contributed by atoms with Crippen LogP contribution in [0.2, 0.25) is 0 Å². The standard InChI is InChI=1S/C17H27FN6/c1-21(2)16-14(18)11-19-17(20-16)24-9-7-23(8-10-24)15-12-22-5-3-13(15)4-6-22/h11,13,15H,3-10,12H2,1-2H3/t15-/m1/s1. The van der Waals surface area contributed by atoms with Crippen molar-refractivity contribution in [3.05, 3.63) is 12.0 Å². The zero-order valence-electron chi connectivity index (χ0n) is 14.7. The highest BCUT2D eigenvalue weighted by Gasteiger charge is 2.38. The molecule has 7 heteroatoms. The molecule has 1 aromatic heterocycles. The Hall–Kier alpha value is -1.47. The number of piperidine rings is 3. The average Bonchev–Trinajstić information content (AvgIpc) is 2.63. The third-order valence-electron chi connectivity index (χ3n) is 5.82.